The van der Waals surface area contributed by atoms with Crippen molar-refractivity contribution in [2.24, 2.45) is 4.99 Å². The minimum Gasteiger partial charge on any atom is -0.462 e. The van der Waals surface area contributed by atoms with E-state index in [0.717, 1.165) is 37.0 Å². The summed E-state index contributed by atoms with van der Waals surface area (Å²) in [6, 6.07) is 9.00. The highest BCUT2D eigenvalue weighted by molar-refractivity contribution is 7.13. The highest BCUT2D eigenvalue weighted by Crippen LogP contribution is 2.24. The third-order valence-corrected chi connectivity index (χ3v) is 6.89. The Balaban J connectivity index is 1.54. The van der Waals surface area contributed by atoms with Gasteiger partial charge in [-0.2, -0.15) is 0 Å². The van der Waals surface area contributed by atoms with Gasteiger partial charge in [0.15, 0.2) is 5.96 Å². The first kappa shape index (κ1) is 23.2. The van der Waals surface area contributed by atoms with Gasteiger partial charge < -0.3 is 15.4 Å². The van der Waals surface area contributed by atoms with Crippen molar-refractivity contribution >= 4 is 23.3 Å². The maximum atomic E-state index is 12.1. The van der Waals surface area contributed by atoms with Gasteiger partial charge in [0.1, 0.15) is 9.88 Å². The number of esters is 1. The summed E-state index contributed by atoms with van der Waals surface area (Å²) in [4.78, 5) is 24.1. The molecule has 2 atom stereocenters. The van der Waals surface area contributed by atoms with Gasteiger partial charge in [-0.1, -0.05) is 24.3 Å². The molecule has 0 saturated heterocycles. The standard InChI is InChI=1S/C23H33N5O2S/c1-6-30-22(29)20-16(3)26-21(31-20)17(4)27-23(24-5)25-13-15(2)28-12-11-18-9-7-8-10-19(18)14-28/h7-10,15,17H,6,11-14H2,1-5H3,(H2,24,25,27). The van der Waals surface area contributed by atoms with Crippen LogP contribution in [0, 0.1) is 6.92 Å². The number of carbonyl (C=O) groups excluding carboxylic acids is 1. The van der Waals surface area contributed by atoms with Crippen molar-refractivity contribution in [1.82, 2.24) is 20.5 Å². The molecule has 0 radical (unpaired) electrons. The van der Waals surface area contributed by atoms with E-state index >= 15 is 0 Å². The van der Waals surface area contributed by atoms with Crippen LogP contribution in [0.3, 0.4) is 0 Å². The second-order valence-corrected chi connectivity index (χ2v) is 8.88. The number of guanidine groups is 1. The molecule has 1 aliphatic heterocycles. The summed E-state index contributed by atoms with van der Waals surface area (Å²) in [5.41, 5.74) is 3.59. The van der Waals surface area contributed by atoms with Crippen molar-refractivity contribution in [3.8, 4) is 0 Å². The van der Waals surface area contributed by atoms with Crippen LogP contribution >= 0.6 is 11.3 Å². The number of fused-ring (bicyclic) bond motifs is 1. The average molecular weight is 444 g/mol. The molecule has 31 heavy (non-hydrogen) atoms. The largest absolute Gasteiger partial charge is 0.462 e. The minimum atomic E-state index is -0.310. The molecule has 0 fully saturated rings. The number of hydrogen-bond acceptors (Lipinski definition) is 6. The molecular formula is C23H33N5O2S. The Morgan fingerprint density at radius 2 is 2.06 bits per heavy atom. The second-order valence-electron chi connectivity index (χ2n) is 7.84. The van der Waals surface area contributed by atoms with Gasteiger partial charge in [-0.3, -0.25) is 9.89 Å². The van der Waals surface area contributed by atoms with E-state index in [1.54, 1.807) is 14.0 Å². The third-order valence-electron chi connectivity index (χ3n) is 5.57. The number of aliphatic imine (C=N–C) groups is 1. The molecule has 2 unspecified atom stereocenters. The van der Waals surface area contributed by atoms with E-state index in [2.05, 4.69) is 56.7 Å². The molecule has 1 aliphatic rings. The van der Waals surface area contributed by atoms with Gasteiger partial charge in [0.2, 0.25) is 0 Å². The number of thiazole rings is 1. The van der Waals surface area contributed by atoms with Crippen LogP contribution in [0.2, 0.25) is 0 Å². The van der Waals surface area contributed by atoms with Crippen LogP contribution in [0.4, 0.5) is 0 Å². The number of ether oxygens (including phenoxy) is 1. The molecule has 1 aromatic heterocycles. The Kier molecular flexibility index (Phi) is 8.03. The number of nitrogens with one attached hydrogen (secondary N) is 2. The van der Waals surface area contributed by atoms with Crippen LogP contribution in [0.15, 0.2) is 29.3 Å². The van der Waals surface area contributed by atoms with Gasteiger partial charge in [0.05, 0.1) is 18.3 Å². The predicted molar refractivity (Wildman–Crippen MR) is 126 cm³/mol. The lowest BCUT2D eigenvalue weighted by atomic mass is 9.99. The van der Waals surface area contributed by atoms with E-state index in [4.69, 9.17) is 4.74 Å². The lowest BCUT2D eigenvalue weighted by molar-refractivity contribution is 0.0531. The molecule has 8 heteroatoms. The summed E-state index contributed by atoms with van der Waals surface area (Å²) in [5, 5.41) is 7.66. The highest BCUT2D eigenvalue weighted by Gasteiger charge is 2.22. The van der Waals surface area contributed by atoms with E-state index in [1.165, 1.54) is 22.5 Å². The molecule has 2 N–H and O–H groups in total. The van der Waals surface area contributed by atoms with Gasteiger partial charge >= 0.3 is 5.97 Å². The SMILES string of the molecule is CCOC(=O)c1sc(C(C)NC(=NC)NCC(C)N2CCc3ccccc3C2)nc1C. The maximum Gasteiger partial charge on any atom is 0.350 e. The summed E-state index contributed by atoms with van der Waals surface area (Å²) in [7, 11) is 1.76. The number of aryl methyl sites for hydroxylation is 1. The van der Waals surface area contributed by atoms with Crippen molar-refractivity contribution in [2.75, 3.05) is 26.7 Å². The van der Waals surface area contributed by atoms with Gasteiger partial charge in [-0.05, 0) is 45.2 Å². The summed E-state index contributed by atoms with van der Waals surface area (Å²) >= 11 is 1.37. The number of nitrogens with zero attached hydrogens (tertiary/aromatic N) is 3. The molecule has 0 spiro atoms. The van der Waals surface area contributed by atoms with E-state index in [9.17, 15) is 4.79 Å². The van der Waals surface area contributed by atoms with Crippen molar-refractivity contribution in [2.45, 2.75) is 52.7 Å². The van der Waals surface area contributed by atoms with Crippen LogP contribution in [0.1, 0.15) is 58.3 Å². The number of rotatable bonds is 7. The number of hydrogen-bond donors (Lipinski definition) is 2. The predicted octanol–water partition coefficient (Wildman–Crippen LogP) is 3.30. The molecule has 1 aromatic carbocycles. The van der Waals surface area contributed by atoms with E-state index in [1.807, 2.05) is 13.8 Å². The molecule has 0 bridgehead atoms. The van der Waals surface area contributed by atoms with E-state index in [-0.39, 0.29) is 12.0 Å². The number of aromatic nitrogens is 1. The molecule has 0 aliphatic carbocycles. The Labute approximate surface area is 188 Å². The first-order valence-corrected chi connectivity index (χ1v) is 11.7. The van der Waals surface area contributed by atoms with Gasteiger partial charge in [0.25, 0.3) is 0 Å². The average Bonchev–Trinajstić information content (AvgIpc) is 3.18. The Bertz CT molecular complexity index is 926. The van der Waals surface area contributed by atoms with E-state index < -0.39 is 0 Å². The molecule has 7 nitrogen and oxygen atoms in total. The summed E-state index contributed by atoms with van der Waals surface area (Å²) in [5.74, 6) is 0.415. The van der Waals surface area contributed by atoms with Crippen LogP contribution in [-0.4, -0.2) is 54.6 Å². The van der Waals surface area contributed by atoms with Crippen molar-refractivity contribution in [1.29, 1.82) is 0 Å². The van der Waals surface area contributed by atoms with Gasteiger partial charge in [-0.25, -0.2) is 9.78 Å². The quantitative estimate of drug-likeness (QED) is 0.388. The van der Waals surface area contributed by atoms with Crippen LogP contribution in [-0.2, 0) is 17.7 Å². The zero-order valence-corrected chi connectivity index (χ0v) is 19.9. The van der Waals surface area contributed by atoms with Crippen molar-refractivity contribution in [3.05, 3.63) is 51.0 Å². The van der Waals surface area contributed by atoms with Crippen LogP contribution < -0.4 is 10.6 Å². The molecule has 2 aromatic rings. The lowest BCUT2D eigenvalue weighted by Crippen LogP contribution is -2.47. The maximum absolute atomic E-state index is 12.1. The normalized spacial score (nSPS) is 16.4. The highest BCUT2D eigenvalue weighted by atomic mass is 32.1. The minimum absolute atomic E-state index is 0.0738. The summed E-state index contributed by atoms with van der Waals surface area (Å²) in [6.07, 6.45) is 1.09. The molecule has 0 saturated carbocycles. The monoisotopic (exact) mass is 443 g/mol. The second kappa shape index (κ2) is 10.7. The zero-order valence-electron chi connectivity index (χ0n) is 19.1. The summed E-state index contributed by atoms with van der Waals surface area (Å²) in [6.45, 7) is 11.1. The lowest BCUT2D eigenvalue weighted by Gasteiger charge is -2.34. The fourth-order valence-electron chi connectivity index (χ4n) is 3.72. The topological polar surface area (TPSA) is 78.8 Å². The Morgan fingerprint density at radius 1 is 1.32 bits per heavy atom. The van der Waals surface area contributed by atoms with Crippen molar-refractivity contribution in [3.63, 3.8) is 0 Å². The first-order chi connectivity index (χ1) is 14.9. The Morgan fingerprint density at radius 3 is 2.77 bits per heavy atom. The van der Waals surface area contributed by atoms with Crippen LogP contribution in [0.25, 0.3) is 0 Å². The molecule has 3 rings (SSSR count). The fourth-order valence-corrected chi connectivity index (χ4v) is 4.68. The summed E-state index contributed by atoms with van der Waals surface area (Å²) < 4.78 is 5.12. The zero-order chi connectivity index (χ0) is 22.4. The van der Waals surface area contributed by atoms with E-state index in [0.29, 0.717) is 23.2 Å². The molecular weight excluding hydrogens is 410 g/mol. The smallest absolute Gasteiger partial charge is 0.350 e. The molecule has 168 valence electrons. The first-order valence-electron chi connectivity index (χ1n) is 10.8. The number of carbonyl (C=O) groups is 1. The third kappa shape index (κ3) is 5.83. The fraction of sp³-hybridized carbons (Fsp3) is 0.522. The van der Waals surface area contributed by atoms with Crippen LogP contribution in [0.5, 0.6) is 0 Å². The molecule has 0 amide bonds. The van der Waals surface area contributed by atoms with Gasteiger partial charge in [-0.15, -0.1) is 11.3 Å². The van der Waals surface area contributed by atoms with Crippen molar-refractivity contribution < 1.29 is 9.53 Å². The Hall–Kier alpha value is -2.45. The number of benzene rings is 1. The molecule has 2 heterocycles. The van der Waals surface area contributed by atoms with Gasteiger partial charge in [0, 0.05) is 32.7 Å².